The molecule has 136 valence electrons. The molecule has 0 aliphatic rings. The summed E-state index contributed by atoms with van der Waals surface area (Å²) in [6, 6.07) is 9.43. The second-order valence-electron chi connectivity index (χ2n) is 5.36. The summed E-state index contributed by atoms with van der Waals surface area (Å²) in [5.74, 6) is 3.52. The molecule has 6 heteroatoms. The molecule has 0 fully saturated rings. The van der Waals surface area contributed by atoms with Crippen LogP contribution in [0.25, 0.3) is 0 Å². The SMILES string of the molecule is COc1cc(CCN)c(COc2ccc([OH+]C)c(OC)c2)cc1OC. The smallest absolute Gasteiger partial charge is 0.297 e. The lowest BCUT2D eigenvalue weighted by Crippen LogP contribution is -2.08. The lowest BCUT2D eigenvalue weighted by atomic mass is 10.0. The number of hydrogen-bond donors (Lipinski definition) is 1. The molecule has 0 heterocycles. The minimum absolute atomic E-state index is 0.390. The molecule has 0 saturated carbocycles. The van der Waals surface area contributed by atoms with Gasteiger partial charge in [0.15, 0.2) is 18.6 Å². The van der Waals surface area contributed by atoms with Crippen molar-refractivity contribution in [2.75, 3.05) is 35.0 Å². The first-order valence-corrected chi connectivity index (χ1v) is 8.01. The van der Waals surface area contributed by atoms with Gasteiger partial charge < -0.3 is 29.4 Å². The van der Waals surface area contributed by atoms with Crippen LogP contribution in [0.2, 0.25) is 0 Å². The third-order valence-electron chi connectivity index (χ3n) is 3.91. The fraction of sp³-hybridized carbons (Fsp3) is 0.368. The van der Waals surface area contributed by atoms with Crippen LogP contribution in [-0.4, -0.2) is 39.7 Å². The van der Waals surface area contributed by atoms with Crippen LogP contribution in [0.1, 0.15) is 11.1 Å². The summed E-state index contributed by atoms with van der Waals surface area (Å²) >= 11 is 0. The number of nitrogens with two attached hydrogens (primary N) is 1. The van der Waals surface area contributed by atoms with E-state index in [1.807, 2.05) is 30.3 Å². The van der Waals surface area contributed by atoms with Crippen molar-refractivity contribution >= 4 is 0 Å². The van der Waals surface area contributed by atoms with Gasteiger partial charge in [0.05, 0.1) is 21.3 Å². The highest BCUT2D eigenvalue weighted by Gasteiger charge is 2.13. The molecule has 2 aromatic rings. The van der Waals surface area contributed by atoms with Gasteiger partial charge in [0.2, 0.25) is 5.75 Å². The molecule has 0 aliphatic carbocycles. The maximum atomic E-state index is 5.94. The lowest BCUT2D eigenvalue weighted by molar-refractivity contribution is 0.127. The van der Waals surface area contributed by atoms with Crippen molar-refractivity contribution in [1.29, 1.82) is 0 Å². The minimum Gasteiger partial charge on any atom is -0.582 e. The van der Waals surface area contributed by atoms with Gasteiger partial charge in [-0.1, -0.05) is 0 Å². The Morgan fingerprint density at radius 3 is 2.08 bits per heavy atom. The molecule has 0 aliphatic heterocycles. The third-order valence-corrected chi connectivity index (χ3v) is 3.91. The number of aromatic hydroxyl groups is 1. The third kappa shape index (κ3) is 4.48. The van der Waals surface area contributed by atoms with Gasteiger partial charge in [0, 0.05) is 12.1 Å². The van der Waals surface area contributed by atoms with Gasteiger partial charge in [-0.15, -0.1) is 0 Å². The molecule has 0 saturated heterocycles. The van der Waals surface area contributed by atoms with Crippen molar-refractivity contribution in [3.63, 3.8) is 0 Å². The van der Waals surface area contributed by atoms with Crippen LogP contribution in [0.4, 0.5) is 0 Å². The van der Waals surface area contributed by atoms with Gasteiger partial charge in [-0.2, -0.15) is 0 Å². The van der Waals surface area contributed by atoms with Gasteiger partial charge in [-0.05, 0) is 42.3 Å². The molecule has 0 atom stereocenters. The Labute approximate surface area is 148 Å². The molecule has 0 radical (unpaired) electrons. The van der Waals surface area contributed by atoms with Crippen LogP contribution in [0.15, 0.2) is 30.3 Å². The van der Waals surface area contributed by atoms with Crippen LogP contribution in [0.3, 0.4) is 0 Å². The number of aliphatic hydroxyl groups is 1. The maximum absolute atomic E-state index is 5.94. The summed E-state index contributed by atoms with van der Waals surface area (Å²) in [6.07, 6.45) is 0.732. The predicted molar refractivity (Wildman–Crippen MR) is 97.2 cm³/mol. The van der Waals surface area contributed by atoms with Gasteiger partial charge >= 0.3 is 0 Å². The number of hydrogen-bond acceptors (Lipinski definition) is 5. The fourth-order valence-corrected chi connectivity index (χ4v) is 2.58. The molecule has 3 N–H and O–H groups in total. The van der Waals surface area contributed by atoms with Crippen LogP contribution >= 0.6 is 0 Å². The number of rotatable bonds is 9. The molecular weight excluding hydrogens is 322 g/mol. The van der Waals surface area contributed by atoms with Crippen molar-refractivity contribution < 1.29 is 23.7 Å². The predicted octanol–water partition coefficient (Wildman–Crippen LogP) is 2.66. The van der Waals surface area contributed by atoms with Crippen molar-refractivity contribution in [1.82, 2.24) is 0 Å². The molecule has 2 rings (SSSR count). The topological polar surface area (TPSA) is 75.7 Å². The summed E-state index contributed by atoms with van der Waals surface area (Å²) in [5.41, 5.74) is 7.81. The van der Waals surface area contributed by atoms with E-state index in [1.54, 1.807) is 28.4 Å². The highest BCUT2D eigenvalue weighted by atomic mass is 16.5. The molecule has 6 nitrogen and oxygen atoms in total. The first-order chi connectivity index (χ1) is 12.2. The standard InChI is InChI=1S/C19H25NO5/c1-21-16-6-5-15(11-19(16)24-4)25-12-14-10-18(23-3)17(22-2)9-13(14)7-8-20/h5-6,9-11H,7-8,12,20H2,1-4H3/p+1. The number of benzene rings is 2. The van der Waals surface area contributed by atoms with Crippen LogP contribution in [-0.2, 0) is 13.0 Å². The second kappa shape index (κ2) is 9.03. The van der Waals surface area contributed by atoms with E-state index in [0.29, 0.717) is 36.1 Å². The summed E-state index contributed by atoms with van der Waals surface area (Å²) in [4.78, 5) is 0. The Bertz CT molecular complexity index is 702. The molecule has 0 amide bonds. The van der Waals surface area contributed by atoms with Gasteiger partial charge in [0.25, 0.3) is 5.75 Å². The van der Waals surface area contributed by atoms with Crippen molar-refractivity contribution in [3.05, 3.63) is 41.5 Å². The molecular formula is C19H26NO5+. The molecule has 0 unspecified atom stereocenters. The van der Waals surface area contributed by atoms with Gasteiger partial charge in [-0.25, -0.2) is 0 Å². The Morgan fingerprint density at radius 1 is 0.880 bits per heavy atom. The van der Waals surface area contributed by atoms with Crippen molar-refractivity contribution in [2.45, 2.75) is 13.0 Å². The zero-order chi connectivity index (χ0) is 18.2. The minimum atomic E-state index is 0.390. The fourth-order valence-electron chi connectivity index (χ4n) is 2.58. The summed E-state index contributed by atoms with van der Waals surface area (Å²) in [6.45, 7) is 0.935. The highest BCUT2D eigenvalue weighted by molar-refractivity contribution is 5.48. The van der Waals surface area contributed by atoms with E-state index in [2.05, 4.69) is 4.74 Å². The Hall–Kier alpha value is -2.60. The Morgan fingerprint density at radius 2 is 1.52 bits per heavy atom. The summed E-state index contributed by atoms with van der Waals surface area (Å²) in [5, 5.41) is 0. The average molecular weight is 348 g/mol. The van der Waals surface area contributed by atoms with Gasteiger partial charge in [0.1, 0.15) is 12.4 Å². The van der Waals surface area contributed by atoms with Crippen LogP contribution in [0.5, 0.6) is 28.7 Å². The van der Waals surface area contributed by atoms with Crippen LogP contribution in [0, 0.1) is 0 Å². The van der Waals surface area contributed by atoms with E-state index in [0.717, 1.165) is 23.3 Å². The first-order valence-electron chi connectivity index (χ1n) is 8.01. The zero-order valence-electron chi connectivity index (χ0n) is 15.2. The maximum Gasteiger partial charge on any atom is 0.297 e. The van der Waals surface area contributed by atoms with E-state index in [4.69, 9.17) is 24.7 Å². The molecule has 0 aromatic heterocycles. The van der Waals surface area contributed by atoms with Gasteiger partial charge in [-0.3, -0.25) is 0 Å². The zero-order valence-corrected chi connectivity index (χ0v) is 15.2. The van der Waals surface area contributed by atoms with Crippen molar-refractivity contribution in [2.24, 2.45) is 5.73 Å². The molecule has 25 heavy (non-hydrogen) atoms. The number of methoxy groups -OCH3 is 3. The molecule has 2 aromatic carbocycles. The normalized spacial score (nSPS) is 10.3. The van der Waals surface area contributed by atoms with E-state index in [-0.39, 0.29) is 0 Å². The monoisotopic (exact) mass is 348 g/mol. The number of ether oxygens (including phenoxy) is 5. The molecule has 0 bridgehead atoms. The van der Waals surface area contributed by atoms with E-state index >= 15 is 0 Å². The lowest BCUT2D eigenvalue weighted by Gasteiger charge is -2.15. The van der Waals surface area contributed by atoms with Crippen LogP contribution < -0.4 is 24.7 Å². The van der Waals surface area contributed by atoms with E-state index in [9.17, 15) is 0 Å². The largest absolute Gasteiger partial charge is 0.582 e. The Balaban J connectivity index is 2.24. The van der Waals surface area contributed by atoms with Crippen molar-refractivity contribution in [3.8, 4) is 28.7 Å². The molecule has 0 spiro atoms. The first kappa shape index (κ1) is 18.7. The van der Waals surface area contributed by atoms with E-state index < -0.39 is 0 Å². The average Bonchev–Trinajstić information content (AvgIpc) is 2.66. The summed E-state index contributed by atoms with van der Waals surface area (Å²) < 4.78 is 26.2. The summed E-state index contributed by atoms with van der Waals surface area (Å²) in [7, 11) is 6.57. The highest BCUT2D eigenvalue weighted by Crippen LogP contribution is 2.34. The van der Waals surface area contributed by atoms with E-state index in [1.165, 1.54) is 0 Å². The second-order valence-corrected chi connectivity index (χ2v) is 5.36. The quantitative estimate of drug-likeness (QED) is 0.705. The Kier molecular flexibility index (Phi) is 6.77.